The van der Waals surface area contributed by atoms with Gasteiger partial charge < -0.3 is 10.1 Å². The fourth-order valence-electron chi connectivity index (χ4n) is 2.36. The number of carbonyl (C=O) groups excluding carboxylic acids is 2. The van der Waals surface area contributed by atoms with Gasteiger partial charge in [-0.2, -0.15) is 0 Å². The van der Waals surface area contributed by atoms with Crippen LogP contribution in [0.5, 0.6) is 0 Å². The maximum absolute atomic E-state index is 12.5. The van der Waals surface area contributed by atoms with Crippen molar-refractivity contribution in [3.8, 4) is 0 Å². The third kappa shape index (κ3) is 3.75. The van der Waals surface area contributed by atoms with Crippen molar-refractivity contribution in [3.05, 3.63) is 16.0 Å². The van der Waals surface area contributed by atoms with Gasteiger partial charge in [0.15, 0.2) is 0 Å². The van der Waals surface area contributed by atoms with Crippen LogP contribution in [0.15, 0.2) is 0 Å². The van der Waals surface area contributed by atoms with Gasteiger partial charge in [-0.3, -0.25) is 5.32 Å². The van der Waals surface area contributed by atoms with Crippen molar-refractivity contribution < 1.29 is 14.3 Å². The quantitative estimate of drug-likeness (QED) is 0.823. The standard InChI is InChI=1S/C15H22N2O3S/c1-15(2,3)20-13(18)11-9-7-5-6-8-10(9)21-12(11)17-14(19)16-4/h5-8H2,1-4H3,(H2,16,17,19). The lowest BCUT2D eigenvalue weighted by Crippen LogP contribution is -2.27. The van der Waals surface area contributed by atoms with E-state index in [0.717, 1.165) is 31.2 Å². The zero-order chi connectivity index (χ0) is 15.6. The molecule has 1 aromatic rings. The molecule has 6 heteroatoms. The number of aryl methyl sites for hydroxylation is 1. The molecular weight excluding hydrogens is 288 g/mol. The minimum atomic E-state index is -0.551. The van der Waals surface area contributed by atoms with E-state index in [2.05, 4.69) is 10.6 Å². The number of ether oxygens (including phenoxy) is 1. The van der Waals surface area contributed by atoms with Crippen LogP contribution in [0.1, 0.15) is 54.4 Å². The Morgan fingerprint density at radius 1 is 1.19 bits per heavy atom. The molecule has 116 valence electrons. The van der Waals surface area contributed by atoms with Crippen LogP contribution < -0.4 is 10.6 Å². The SMILES string of the molecule is CNC(=O)Nc1sc2c(c1C(=O)OC(C)(C)C)CCCC2. The molecule has 0 saturated carbocycles. The van der Waals surface area contributed by atoms with Gasteiger partial charge in [0.25, 0.3) is 0 Å². The van der Waals surface area contributed by atoms with Gasteiger partial charge in [0, 0.05) is 11.9 Å². The molecule has 0 fully saturated rings. The van der Waals surface area contributed by atoms with E-state index in [1.165, 1.54) is 16.2 Å². The van der Waals surface area contributed by atoms with E-state index >= 15 is 0 Å². The van der Waals surface area contributed by atoms with E-state index < -0.39 is 5.60 Å². The van der Waals surface area contributed by atoms with Crippen LogP contribution in [0, 0.1) is 0 Å². The number of hydrogen-bond donors (Lipinski definition) is 2. The van der Waals surface area contributed by atoms with Gasteiger partial charge in [-0.05, 0) is 52.0 Å². The summed E-state index contributed by atoms with van der Waals surface area (Å²) in [5.74, 6) is -0.353. The monoisotopic (exact) mass is 310 g/mol. The molecule has 2 rings (SSSR count). The van der Waals surface area contributed by atoms with Crippen molar-refractivity contribution >= 4 is 28.3 Å². The van der Waals surface area contributed by atoms with Crippen LogP contribution in [-0.4, -0.2) is 24.6 Å². The third-order valence-electron chi connectivity index (χ3n) is 3.23. The Morgan fingerprint density at radius 2 is 1.86 bits per heavy atom. The fraction of sp³-hybridized carbons (Fsp3) is 0.600. The van der Waals surface area contributed by atoms with Crippen molar-refractivity contribution in [2.45, 2.75) is 52.1 Å². The number of esters is 1. The van der Waals surface area contributed by atoms with E-state index in [9.17, 15) is 9.59 Å². The lowest BCUT2D eigenvalue weighted by Gasteiger charge is -2.21. The number of amides is 2. The Balaban J connectivity index is 2.38. The molecule has 2 N–H and O–H groups in total. The van der Waals surface area contributed by atoms with Crippen LogP contribution in [0.2, 0.25) is 0 Å². The first-order chi connectivity index (χ1) is 9.81. The highest BCUT2D eigenvalue weighted by molar-refractivity contribution is 7.17. The molecule has 1 aliphatic carbocycles. The predicted octanol–water partition coefficient (Wildman–Crippen LogP) is 3.33. The fourth-order valence-corrected chi connectivity index (χ4v) is 3.64. The van der Waals surface area contributed by atoms with Gasteiger partial charge in [0.1, 0.15) is 10.6 Å². The van der Waals surface area contributed by atoms with Crippen molar-refractivity contribution in [2.75, 3.05) is 12.4 Å². The first-order valence-corrected chi connectivity index (χ1v) is 8.00. The zero-order valence-corrected chi connectivity index (χ0v) is 13.8. The lowest BCUT2D eigenvalue weighted by atomic mass is 9.95. The highest BCUT2D eigenvalue weighted by Crippen LogP contribution is 2.39. The summed E-state index contributed by atoms with van der Waals surface area (Å²) in [6.07, 6.45) is 4.03. The maximum Gasteiger partial charge on any atom is 0.341 e. The summed E-state index contributed by atoms with van der Waals surface area (Å²) < 4.78 is 5.50. The molecule has 0 radical (unpaired) electrons. The molecule has 2 amide bonds. The van der Waals surface area contributed by atoms with Gasteiger partial charge in [-0.15, -0.1) is 11.3 Å². The second-order valence-corrected chi connectivity index (χ2v) is 7.23. The van der Waals surface area contributed by atoms with Crippen molar-refractivity contribution in [3.63, 3.8) is 0 Å². The molecule has 0 saturated heterocycles. The summed E-state index contributed by atoms with van der Waals surface area (Å²) in [7, 11) is 1.55. The van der Waals surface area contributed by atoms with Crippen LogP contribution in [0.25, 0.3) is 0 Å². The smallest absolute Gasteiger partial charge is 0.341 e. The molecule has 0 unspecified atom stereocenters. The van der Waals surface area contributed by atoms with E-state index in [4.69, 9.17) is 4.74 Å². The summed E-state index contributed by atoms with van der Waals surface area (Å²) in [5, 5.41) is 5.86. The average Bonchev–Trinajstić information content (AvgIpc) is 2.74. The maximum atomic E-state index is 12.5. The van der Waals surface area contributed by atoms with E-state index in [1.807, 2.05) is 20.8 Å². The summed E-state index contributed by atoms with van der Waals surface area (Å²) in [6.45, 7) is 5.53. The summed E-state index contributed by atoms with van der Waals surface area (Å²) in [4.78, 5) is 25.3. The molecule has 0 aliphatic heterocycles. The van der Waals surface area contributed by atoms with Gasteiger partial charge in [0.05, 0.1) is 5.56 Å². The van der Waals surface area contributed by atoms with Gasteiger partial charge >= 0.3 is 12.0 Å². The van der Waals surface area contributed by atoms with Crippen LogP contribution in [0.3, 0.4) is 0 Å². The number of anilines is 1. The van der Waals surface area contributed by atoms with Crippen LogP contribution >= 0.6 is 11.3 Å². The molecule has 0 spiro atoms. The van der Waals surface area contributed by atoms with E-state index in [-0.39, 0.29) is 12.0 Å². The number of thiophene rings is 1. The molecule has 0 aromatic carbocycles. The predicted molar refractivity (Wildman–Crippen MR) is 84.2 cm³/mol. The Labute approximate surface area is 129 Å². The second-order valence-electron chi connectivity index (χ2n) is 6.12. The van der Waals surface area contributed by atoms with E-state index in [0.29, 0.717) is 10.6 Å². The first kappa shape index (κ1) is 15.8. The molecule has 1 aromatic heterocycles. The molecule has 1 aliphatic rings. The topological polar surface area (TPSA) is 67.4 Å². The summed E-state index contributed by atoms with van der Waals surface area (Å²) in [5.41, 5.74) is 1.03. The summed E-state index contributed by atoms with van der Waals surface area (Å²) >= 11 is 1.49. The van der Waals surface area contributed by atoms with Crippen LogP contribution in [0.4, 0.5) is 9.80 Å². The minimum Gasteiger partial charge on any atom is -0.456 e. The Hall–Kier alpha value is -1.56. The lowest BCUT2D eigenvalue weighted by molar-refractivity contribution is 0.00699. The highest BCUT2D eigenvalue weighted by atomic mass is 32.1. The van der Waals surface area contributed by atoms with Crippen molar-refractivity contribution in [1.82, 2.24) is 5.32 Å². The van der Waals surface area contributed by atoms with Gasteiger partial charge in [0.2, 0.25) is 0 Å². The Bertz CT molecular complexity index is 558. The summed E-state index contributed by atoms with van der Waals surface area (Å²) in [6, 6.07) is -0.321. The number of rotatable bonds is 2. The molecule has 0 atom stereocenters. The van der Waals surface area contributed by atoms with Crippen LogP contribution in [-0.2, 0) is 17.6 Å². The number of fused-ring (bicyclic) bond motifs is 1. The molecule has 0 bridgehead atoms. The minimum absolute atomic E-state index is 0.321. The number of hydrogen-bond acceptors (Lipinski definition) is 4. The molecule has 21 heavy (non-hydrogen) atoms. The molecule has 1 heterocycles. The Kier molecular flexibility index (Phi) is 4.56. The number of nitrogens with one attached hydrogen (secondary N) is 2. The number of carbonyl (C=O) groups is 2. The third-order valence-corrected chi connectivity index (χ3v) is 4.44. The van der Waals surface area contributed by atoms with Crippen molar-refractivity contribution in [1.29, 1.82) is 0 Å². The average molecular weight is 310 g/mol. The Morgan fingerprint density at radius 3 is 2.48 bits per heavy atom. The first-order valence-electron chi connectivity index (χ1n) is 7.18. The van der Waals surface area contributed by atoms with E-state index in [1.54, 1.807) is 7.05 Å². The van der Waals surface area contributed by atoms with Crippen molar-refractivity contribution in [2.24, 2.45) is 0 Å². The zero-order valence-electron chi connectivity index (χ0n) is 13.0. The number of urea groups is 1. The highest BCUT2D eigenvalue weighted by Gasteiger charge is 2.29. The molecule has 5 nitrogen and oxygen atoms in total. The van der Waals surface area contributed by atoms with Gasteiger partial charge in [-0.1, -0.05) is 0 Å². The van der Waals surface area contributed by atoms with Gasteiger partial charge in [-0.25, -0.2) is 9.59 Å². The largest absolute Gasteiger partial charge is 0.456 e. The molecular formula is C15H22N2O3S. The normalized spacial score (nSPS) is 14.3. The second kappa shape index (κ2) is 6.05.